The lowest BCUT2D eigenvalue weighted by Gasteiger charge is -2.08. The SMILES string of the molecule is CCOC(=O)c1ccn(-c2cccc(NC(=O)CSc3ccc(C)cc3)c2)n1. The van der Waals surface area contributed by atoms with Gasteiger partial charge in [-0.05, 0) is 50.2 Å². The lowest BCUT2D eigenvalue weighted by atomic mass is 10.2. The average molecular weight is 395 g/mol. The molecule has 144 valence electrons. The smallest absolute Gasteiger partial charge is 0.358 e. The van der Waals surface area contributed by atoms with Crippen molar-refractivity contribution >= 4 is 29.3 Å². The van der Waals surface area contributed by atoms with Gasteiger partial charge in [-0.1, -0.05) is 23.8 Å². The van der Waals surface area contributed by atoms with E-state index in [0.29, 0.717) is 18.0 Å². The van der Waals surface area contributed by atoms with Crippen molar-refractivity contribution in [2.24, 2.45) is 0 Å². The number of hydrogen-bond donors (Lipinski definition) is 1. The summed E-state index contributed by atoms with van der Waals surface area (Å²) in [4.78, 5) is 25.1. The Morgan fingerprint density at radius 2 is 1.93 bits per heavy atom. The Morgan fingerprint density at radius 1 is 1.14 bits per heavy atom. The molecule has 0 saturated heterocycles. The Bertz CT molecular complexity index is 967. The number of anilines is 1. The second-order valence-electron chi connectivity index (χ2n) is 6.07. The zero-order valence-electron chi connectivity index (χ0n) is 15.7. The number of rotatable bonds is 7. The van der Waals surface area contributed by atoms with Gasteiger partial charge in [0.25, 0.3) is 0 Å². The number of benzene rings is 2. The van der Waals surface area contributed by atoms with Crippen LogP contribution < -0.4 is 5.32 Å². The first-order chi connectivity index (χ1) is 13.5. The number of amides is 1. The monoisotopic (exact) mass is 395 g/mol. The number of aromatic nitrogens is 2. The van der Waals surface area contributed by atoms with E-state index in [0.717, 1.165) is 10.6 Å². The van der Waals surface area contributed by atoms with E-state index < -0.39 is 5.97 Å². The molecular weight excluding hydrogens is 374 g/mol. The van der Waals surface area contributed by atoms with E-state index in [1.807, 2.05) is 49.4 Å². The Hall–Kier alpha value is -3.06. The molecule has 2 aromatic carbocycles. The number of thioether (sulfide) groups is 1. The van der Waals surface area contributed by atoms with Gasteiger partial charge in [-0.3, -0.25) is 4.79 Å². The summed E-state index contributed by atoms with van der Waals surface area (Å²) in [7, 11) is 0. The molecule has 7 heteroatoms. The molecule has 0 spiro atoms. The van der Waals surface area contributed by atoms with E-state index in [9.17, 15) is 9.59 Å². The van der Waals surface area contributed by atoms with Gasteiger partial charge in [-0.15, -0.1) is 11.8 Å². The number of hydrogen-bond acceptors (Lipinski definition) is 5. The number of carbonyl (C=O) groups excluding carboxylic acids is 2. The number of esters is 1. The summed E-state index contributed by atoms with van der Waals surface area (Å²) in [5, 5.41) is 7.12. The third-order valence-corrected chi connectivity index (χ3v) is 4.87. The highest BCUT2D eigenvalue weighted by molar-refractivity contribution is 8.00. The van der Waals surface area contributed by atoms with Gasteiger partial charge in [-0.25, -0.2) is 9.48 Å². The quantitative estimate of drug-likeness (QED) is 0.482. The molecule has 1 aromatic heterocycles. The predicted octanol–water partition coefficient (Wildman–Crippen LogP) is 4.09. The van der Waals surface area contributed by atoms with Crippen molar-refractivity contribution in [2.75, 3.05) is 17.7 Å². The molecule has 0 atom stereocenters. The fourth-order valence-corrected chi connectivity index (χ4v) is 3.19. The van der Waals surface area contributed by atoms with Crippen LogP contribution in [0.25, 0.3) is 5.69 Å². The molecule has 3 rings (SSSR count). The van der Waals surface area contributed by atoms with E-state index in [1.54, 1.807) is 29.9 Å². The molecule has 0 saturated carbocycles. The van der Waals surface area contributed by atoms with Crippen LogP contribution >= 0.6 is 11.8 Å². The zero-order valence-corrected chi connectivity index (χ0v) is 16.5. The van der Waals surface area contributed by atoms with Crippen LogP contribution in [0.4, 0.5) is 5.69 Å². The number of ether oxygens (including phenoxy) is 1. The Labute approximate surface area is 167 Å². The summed E-state index contributed by atoms with van der Waals surface area (Å²) in [5.41, 5.74) is 2.83. The fraction of sp³-hybridized carbons (Fsp3) is 0.190. The minimum Gasteiger partial charge on any atom is -0.461 e. The average Bonchev–Trinajstić information content (AvgIpc) is 3.18. The van der Waals surface area contributed by atoms with Crippen molar-refractivity contribution in [2.45, 2.75) is 18.7 Å². The maximum Gasteiger partial charge on any atom is 0.358 e. The molecule has 0 aliphatic carbocycles. The normalized spacial score (nSPS) is 10.5. The van der Waals surface area contributed by atoms with Gasteiger partial charge in [0.05, 0.1) is 18.0 Å². The first-order valence-electron chi connectivity index (χ1n) is 8.87. The maximum absolute atomic E-state index is 12.3. The van der Waals surface area contributed by atoms with Gasteiger partial charge < -0.3 is 10.1 Å². The van der Waals surface area contributed by atoms with Gasteiger partial charge in [0.2, 0.25) is 5.91 Å². The lowest BCUT2D eigenvalue weighted by Crippen LogP contribution is -2.14. The highest BCUT2D eigenvalue weighted by Gasteiger charge is 2.11. The van der Waals surface area contributed by atoms with E-state index in [4.69, 9.17) is 4.74 Å². The molecule has 0 aliphatic heterocycles. The lowest BCUT2D eigenvalue weighted by molar-refractivity contribution is -0.113. The van der Waals surface area contributed by atoms with Crippen molar-refractivity contribution < 1.29 is 14.3 Å². The highest BCUT2D eigenvalue weighted by atomic mass is 32.2. The molecule has 0 unspecified atom stereocenters. The third-order valence-electron chi connectivity index (χ3n) is 3.86. The minimum atomic E-state index is -0.459. The molecular formula is C21H21N3O3S. The first-order valence-corrected chi connectivity index (χ1v) is 9.86. The number of nitrogens with one attached hydrogen (secondary N) is 1. The van der Waals surface area contributed by atoms with E-state index in [-0.39, 0.29) is 11.6 Å². The molecule has 1 heterocycles. The van der Waals surface area contributed by atoms with Crippen molar-refractivity contribution in [3.63, 3.8) is 0 Å². The van der Waals surface area contributed by atoms with Crippen LogP contribution in [-0.4, -0.2) is 34.0 Å². The summed E-state index contributed by atoms with van der Waals surface area (Å²) < 4.78 is 6.52. The largest absolute Gasteiger partial charge is 0.461 e. The summed E-state index contributed by atoms with van der Waals surface area (Å²) >= 11 is 1.49. The minimum absolute atomic E-state index is 0.0876. The first kappa shape index (κ1) is 19.7. The number of nitrogens with zero attached hydrogens (tertiary/aromatic N) is 2. The van der Waals surface area contributed by atoms with Gasteiger partial charge >= 0.3 is 5.97 Å². The predicted molar refractivity (Wildman–Crippen MR) is 110 cm³/mol. The van der Waals surface area contributed by atoms with Crippen molar-refractivity contribution in [3.8, 4) is 5.69 Å². The van der Waals surface area contributed by atoms with Crippen molar-refractivity contribution in [1.82, 2.24) is 9.78 Å². The van der Waals surface area contributed by atoms with Crippen LogP contribution in [0, 0.1) is 6.92 Å². The molecule has 1 N–H and O–H groups in total. The molecule has 28 heavy (non-hydrogen) atoms. The molecule has 0 bridgehead atoms. The molecule has 1 amide bonds. The van der Waals surface area contributed by atoms with E-state index >= 15 is 0 Å². The standard InChI is InChI=1S/C21H21N3O3S/c1-3-27-21(26)19-11-12-24(23-19)17-6-4-5-16(13-17)22-20(25)14-28-18-9-7-15(2)8-10-18/h4-13H,3,14H2,1-2H3,(H,22,25). The third kappa shape index (κ3) is 5.23. The van der Waals surface area contributed by atoms with Crippen LogP contribution in [0.15, 0.2) is 65.7 Å². The molecule has 0 aliphatic rings. The van der Waals surface area contributed by atoms with Crippen molar-refractivity contribution in [3.05, 3.63) is 72.1 Å². The summed E-state index contributed by atoms with van der Waals surface area (Å²) in [6.07, 6.45) is 1.68. The van der Waals surface area contributed by atoms with Crippen LogP contribution in [0.2, 0.25) is 0 Å². The molecule has 3 aromatic rings. The van der Waals surface area contributed by atoms with Gasteiger partial charge in [0.1, 0.15) is 0 Å². The highest BCUT2D eigenvalue weighted by Crippen LogP contribution is 2.19. The van der Waals surface area contributed by atoms with Gasteiger partial charge in [-0.2, -0.15) is 5.10 Å². The topological polar surface area (TPSA) is 73.2 Å². The second-order valence-corrected chi connectivity index (χ2v) is 7.12. The molecule has 0 fully saturated rings. The zero-order chi connectivity index (χ0) is 19.9. The van der Waals surface area contributed by atoms with Crippen LogP contribution in [0.3, 0.4) is 0 Å². The second kappa shape index (κ2) is 9.23. The van der Waals surface area contributed by atoms with Crippen LogP contribution in [-0.2, 0) is 9.53 Å². The van der Waals surface area contributed by atoms with Crippen LogP contribution in [0.5, 0.6) is 0 Å². The van der Waals surface area contributed by atoms with Gasteiger partial charge in [0.15, 0.2) is 5.69 Å². The van der Waals surface area contributed by atoms with Crippen molar-refractivity contribution in [1.29, 1.82) is 0 Å². The van der Waals surface area contributed by atoms with E-state index in [1.165, 1.54) is 17.3 Å². The fourth-order valence-electron chi connectivity index (χ4n) is 2.49. The number of aryl methyl sites for hydroxylation is 1. The summed E-state index contributed by atoms with van der Waals surface area (Å²) in [6, 6.07) is 16.9. The van der Waals surface area contributed by atoms with Crippen LogP contribution in [0.1, 0.15) is 23.0 Å². The summed E-state index contributed by atoms with van der Waals surface area (Å²) in [5.74, 6) is -0.226. The molecule has 6 nitrogen and oxygen atoms in total. The van der Waals surface area contributed by atoms with Gasteiger partial charge in [0, 0.05) is 16.8 Å². The van der Waals surface area contributed by atoms with E-state index in [2.05, 4.69) is 10.4 Å². The number of carbonyl (C=O) groups is 2. The Morgan fingerprint density at radius 3 is 2.68 bits per heavy atom. The Balaban J connectivity index is 1.62. The Kier molecular flexibility index (Phi) is 6.49. The summed E-state index contributed by atoms with van der Waals surface area (Å²) in [6.45, 7) is 4.08. The molecule has 0 radical (unpaired) electrons. The maximum atomic E-state index is 12.3.